The third-order valence-electron chi connectivity index (χ3n) is 4.17. The van der Waals surface area contributed by atoms with Gasteiger partial charge in [-0.2, -0.15) is 4.98 Å². The van der Waals surface area contributed by atoms with E-state index >= 15 is 0 Å². The van der Waals surface area contributed by atoms with Crippen molar-refractivity contribution in [2.45, 2.75) is 51.9 Å². The van der Waals surface area contributed by atoms with Crippen LogP contribution in [0.5, 0.6) is 0 Å². The van der Waals surface area contributed by atoms with E-state index in [-0.39, 0.29) is 11.7 Å². The second-order valence-corrected chi connectivity index (χ2v) is 6.54. The van der Waals surface area contributed by atoms with Gasteiger partial charge in [-0.15, -0.1) is 0 Å². The summed E-state index contributed by atoms with van der Waals surface area (Å²) in [6.07, 6.45) is 1.06. The van der Waals surface area contributed by atoms with Crippen LogP contribution in [0.1, 0.15) is 33.1 Å². The van der Waals surface area contributed by atoms with Gasteiger partial charge in [0.05, 0.1) is 12.2 Å². The van der Waals surface area contributed by atoms with Crippen LogP contribution in [0, 0.1) is 0 Å². The Bertz CT molecular complexity index is 847. The molecule has 25 heavy (non-hydrogen) atoms. The molecular weight excluding hydrogens is 326 g/mol. The molecule has 2 atom stereocenters. The summed E-state index contributed by atoms with van der Waals surface area (Å²) in [5.74, 6) is 0.426. The van der Waals surface area contributed by atoms with Crippen molar-refractivity contribution in [3.8, 4) is 0 Å². The van der Waals surface area contributed by atoms with Gasteiger partial charge in [-0.1, -0.05) is 0 Å². The molecule has 2 heterocycles. The zero-order chi connectivity index (χ0) is 18.7. The Hall–Kier alpha value is -2.13. The molecule has 0 aromatic carbocycles. The average molecular weight is 353 g/mol. The van der Waals surface area contributed by atoms with Crippen LogP contribution >= 0.6 is 0 Å². The van der Waals surface area contributed by atoms with Crippen LogP contribution in [0.4, 0.5) is 5.95 Å². The number of aliphatic hydroxyl groups is 2. The number of fused-ring (bicyclic) bond motifs is 1. The Kier molecular flexibility index (Phi) is 6.02. The first-order chi connectivity index (χ1) is 11.7. The molecule has 0 bridgehead atoms. The summed E-state index contributed by atoms with van der Waals surface area (Å²) in [4.78, 5) is 29.6. The summed E-state index contributed by atoms with van der Waals surface area (Å²) in [6, 6.07) is 0. The lowest BCUT2D eigenvalue weighted by Crippen LogP contribution is -2.39. The molecule has 3 N–H and O–H groups in total. The van der Waals surface area contributed by atoms with E-state index < -0.39 is 11.8 Å². The van der Waals surface area contributed by atoms with Crippen LogP contribution in [-0.4, -0.2) is 47.7 Å². The molecule has 140 valence electrons. The number of rotatable bonds is 8. The van der Waals surface area contributed by atoms with Gasteiger partial charge < -0.3 is 20.1 Å². The number of unbranched alkanes of at least 4 members (excludes halogenated alkanes) is 1. The van der Waals surface area contributed by atoms with Crippen LogP contribution in [-0.2, 0) is 20.6 Å². The minimum Gasteiger partial charge on any atom is -0.393 e. The summed E-state index contributed by atoms with van der Waals surface area (Å²) in [7, 11) is 3.28. The molecule has 2 aromatic rings. The van der Waals surface area contributed by atoms with Crippen molar-refractivity contribution in [1.82, 2.24) is 18.7 Å². The highest BCUT2D eigenvalue weighted by Crippen LogP contribution is 2.13. The number of aliphatic hydroxyl groups excluding tert-OH is 2. The molecule has 2 rings (SSSR count). The molecule has 0 aliphatic rings. The highest BCUT2D eigenvalue weighted by molar-refractivity contribution is 5.74. The van der Waals surface area contributed by atoms with E-state index in [2.05, 4.69) is 10.3 Å². The fourth-order valence-electron chi connectivity index (χ4n) is 2.75. The molecule has 9 heteroatoms. The van der Waals surface area contributed by atoms with Crippen molar-refractivity contribution in [2.75, 3.05) is 11.9 Å². The average Bonchev–Trinajstić information content (AvgIpc) is 2.87. The van der Waals surface area contributed by atoms with E-state index in [1.165, 1.54) is 9.13 Å². The molecule has 0 saturated heterocycles. The number of anilines is 1. The quantitative estimate of drug-likeness (QED) is 0.565. The van der Waals surface area contributed by atoms with E-state index in [0.29, 0.717) is 43.0 Å². The zero-order valence-corrected chi connectivity index (χ0v) is 15.2. The zero-order valence-electron chi connectivity index (χ0n) is 15.2. The smallest absolute Gasteiger partial charge is 0.332 e. The Morgan fingerprint density at radius 2 is 1.76 bits per heavy atom. The summed E-state index contributed by atoms with van der Waals surface area (Å²) in [6.45, 7) is 3.95. The molecule has 0 aliphatic heterocycles. The van der Waals surface area contributed by atoms with Crippen LogP contribution in [0.2, 0.25) is 0 Å². The standard InChI is InChI=1S/C16H27N5O4/c1-10(22)7-5-6-8-21-14(24)12-13(20(4)16(21)25)18-15(19(12)3)17-9-11(2)23/h10-11,22-23H,5-9H2,1-4H3,(H,17,18). The van der Waals surface area contributed by atoms with Gasteiger partial charge in [-0.25, -0.2) is 4.79 Å². The SMILES string of the molecule is CC(O)CCCCn1c(=O)c2c(nc(NCC(C)O)n2C)n(C)c1=O. The van der Waals surface area contributed by atoms with Crippen molar-refractivity contribution in [3.63, 3.8) is 0 Å². The highest BCUT2D eigenvalue weighted by atomic mass is 16.3. The molecule has 0 amide bonds. The molecule has 0 radical (unpaired) electrons. The van der Waals surface area contributed by atoms with Gasteiger partial charge in [0.2, 0.25) is 5.95 Å². The molecule has 0 fully saturated rings. The van der Waals surface area contributed by atoms with Crippen LogP contribution in [0.25, 0.3) is 11.2 Å². The van der Waals surface area contributed by atoms with Crippen molar-refractivity contribution >= 4 is 17.1 Å². The Morgan fingerprint density at radius 1 is 1.08 bits per heavy atom. The lowest BCUT2D eigenvalue weighted by atomic mass is 10.2. The molecule has 0 spiro atoms. The first kappa shape index (κ1) is 19.2. The maximum Gasteiger partial charge on any atom is 0.332 e. The molecule has 9 nitrogen and oxygen atoms in total. The normalized spacial score (nSPS) is 14.0. The first-order valence-corrected chi connectivity index (χ1v) is 8.50. The minimum atomic E-state index is -0.561. The Balaban J connectivity index is 2.39. The van der Waals surface area contributed by atoms with Gasteiger partial charge in [0, 0.05) is 27.2 Å². The molecular formula is C16H27N5O4. The van der Waals surface area contributed by atoms with E-state index in [4.69, 9.17) is 0 Å². The monoisotopic (exact) mass is 353 g/mol. The van der Waals surface area contributed by atoms with Gasteiger partial charge in [0.1, 0.15) is 0 Å². The largest absolute Gasteiger partial charge is 0.393 e. The van der Waals surface area contributed by atoms with Gasteiger partial charge in [-0.3, -0.25) is 13.9 Å². The second-order valence-electron chi connectivity index (χ2n) is 6.54. The van der Waals surface area contributed by atoms with Crippen LogP contribution < -0.4 is 16.6 Å². The fraction of sp³-hybridized carbons (Fsp3) is 0.688. The number of hydrogen-bond acceptors (Lipinski definition) is 6. The second kappa shape index (κ2) is 7.83. The van der Waals surface area contributed by atoms with Crippen molar-refractivity contribution in [1.29, 1.82) is 0 Å². The molecule has 2 unspecified atom stereocenters. The van der Waals surface area contributed by atoms with Crippen molar-refractivity contribution in [3.05, 3.63) is 20.8 Å². The first-order valence-electron chi connectivity index (χ1n) is 8.50. The topological polar surface area (TPSA) is 114 Å². The van der Waals surface area contributed by atoms with Crippen molar-refractivity contribution < 1.29 is 10.2 Å². The predicted molar refractivity (Wildman–Crippen MR) is 95.9 cm³/mol. The van der Waals surface area contributed by atoms with Crippen LogP contribution in [0.15, 0.2) is 9.59 Å². The lowest BCUT2D eigenvalue weighted by Gasteiger charge is -2.09. The number of hydrogen-bond donors (Lipinski definition) is 3. The van der Waals surface area contributed by atoms with Gasteiger partial charge in [-0.05, 0) is 33.1 Å². The molecule has 0 aliphatic carbocycles. The maximum absolute atomic E-state index is 12.8. The Labute approximate surface area is 145 Å². The molecule has 2 aromatic heterocycles. The third-order valence-corrected chi connectivity index (χ3v) is 4.17. The number of nitrogens with zero attached hydrogens (tertiary/aromatic N) is 4. The minimum absolute atomic E-state index is 0.290. The number of aryl methyl sites for hydroxylation is 2. The van der Waals surface area contributed by atoms with E-state index in [1.54, 1.807) is 32.5 Å². The highest BCUT2D eigenvalue weighted by Gasteiger charge is 2.18. The third kappa shape index (κ3) is 4.10. The van der Waals surface area contributed by atoms with Crippen molar-refractivity contribution in [2.24, 2.45) is 14.1 Å². The lowest BCUT2D eigenvalue weighted by molar-refractivity contribution is 0.180. The number of aromatic nitrogens is 4. The van der Waals surface area contributed by atoms with Gasteiger partial charge in [0.15, 0.2) is 11.2 Å². The summed E-state index contributed by atoms with van der Waals surface area (Å²) < 4.78 is 4.18. The summed E-state index contributed by atoms with van der Waals surface area (Å²) in [5, 5.41) is 21.7. The summed E-state index contributed by atoms with van der Waals surface area (Å²) in [5.41, 5.74) is -0.137. The van der Waals surface area contributed by atoms with E-state index in [9.17, 15) is 19.8 Å². The van der Waals surface area contributed by atoms with E-state index in [0.717, 1.165) is 6.42 Å². The number of imidazole rings is 1. The van der Waals surface area contributed by atoms with Gasteiger partial charge in [0.25, 0.3) is 5.56 Å². The van der Waals surface area contributed by atoms with Gasteiger partial charge >= 0.3 is 5.69 Å². The molecule has 0 saturated carbocycles. The Morgan fingerprint density at radius 3 is 2.36 bits per heavy atom. The predicted octanol–water partition coefficient (Wildman–Crippen LogP) is -0.222. The summed E-state index contributed by atoms with van der Waals surface area (Å²) >= 11 is 0. The van der Waals surface area contributed by atoms with Crippen LogP contribution in [0.3, 0.4) is 0 Å². The van der Waals surface area contributed by atoms with E-state index in [1.807, 2.05) is 0 Å². The number of nitrogens with one attached hydrogen (secondary N) is 1. The fourth-order valence-corrected chi connectivity index (χ4v) is 2.75. The maximum atomic E-state index is 12.8.